The maximum atomic E-state index is 12.0. The second-order valence-corrected chi connectivity index (χ2v) is 4.51. The maximum absolute atomic E-state index is 12.0. The molecular weight excluding hydrogens is 232 g/mol. The van der Waals surface area contributed by atoms with E-state index in [1.54, 1.807) is 19.2 Å². The molecule has 0 saturated carbocycles. The van der Waals surface area contributed by atoms with Crippen LogP contribution in [0, 0.1) is 12.8 Å². The fraction of sp³-hybridized carbons (Fsp3) is 0.500. The van der Waals surface area contributed by atoms with E-state index in [0.717, 1.165) is 5.56 Å². The summed E-state index contributed by atoms with van der Waals surface area (Å²) in [5.74, 6) is 1.07. The number of ether oxygens (including phenoxy) is 3. The minimum absolute atomic E-state index is 0.304. The van der Waals surface area contributed by atoms with Gasteiger partial charge in [-0.25, -0.2) is 4.79 Å². The molecule has 0 heterocycles. The second-order valence-electron chi connectivity index (χ2n) is 4.51. The van der Waals surface area contributed by atoms with Crippen molar-refractivity contribution in [2.45, 2.75) is 20.8 Å². The first kappa shape index (κ1) is 14.4. The van der Waals surface area contributed by atoms with Gasteiger partial charge in [-0.3, -0.25) is 0 Å². The largest absolute Gasteiger partial charge is 0.497 e. The summed E-state index contributed by atoms with van der Waals surface area (Å²) in [6.07, 6.45) is 0. The monoisotopic (exact) mass is 252 g/mol. The van der Waals surface area contributed by atoms with Crippen LogP contribution in [0.5, 0.6) is 11.5 Å². The van der Waals surface area contributed by atoms with Crippen LogP contribution in [0.3, 0.4) is 0 Å². The molecule has 0 aliphatic carbocycles. The number of carbonyl (C=O) groups is 1. The summed E-state index contributed by atoms with van der Waals surface area (Å²) in [5.41, 5.74) is 1.24. The van der Waals surface area contributed by atoms with Gasteiger partial charge in [0.05, 0.1) is 20.8 Å². The molecule has 1 aromatic rings. The third-order valence-electron chi connectivity index (χ3n) is 2.48. The highest BCUT2D eigenvalue weighted by molar-refractivity contribution is 5.94. The normalized spacial score (nSPS) is 10.3. The van der Waals surface area contributed by atoms with Crippen molar-refractivity contribution >= 4 is 5.97 Å². The van der Waals surface area contributed by atoms with E-state index in [0.29, 0.717) is 29.6 Å². The maximum Gasteiger partial charge on any atom is 0.342 e. The Bertz CT molecular complexity index is 424. The zero-order valence-electron chi connectivity index (χ0n) is 11.6. The van der Waals surface area contributed by atoms with Gasteiger partial charge < -0.3 is 14.2 Å². The van der Waals surface area contributed by atoms with Crippen LogP contribution in [-0.2, 0) is 4.74 Å². The Morgan fingerprint density at radius 3 is 2.39 bits per heavy atom. The van der Waals surface area contributed by atoms with Crippen molar-refractivity contribution in [3.05, 3.63) is 23.3 Å². The van der Waals surface area contributed by atoms with E-state index in [1.165, 1.54) is 7.11 Å². The van der Waals surface area contributed by atoms with E-state index in [2.05, 4.69) is 0 Å². The van der Waals surface area contributed by atoms with Gasteiger partial charge in [0.1, 0.15) is 17.1 Å². The smallest absolute Gasteiger partial charge is 0.342 e. The SMILES string of the molecule is COc1cc(C)c(C(=O)OCC(C)C)c(OC)c1. The van der Waals surface area contributed by atoms with Crippen LogP contribution in [-0.4, -0.2) is 26.8 Å². The zero-order valence-corrected chi connectivity index (χ0v) is 11.6. The average molecular weight is 252 g/mol. The van der Waals surface area contributed by atoms with Crippen LogP contribution in [0.15, 0.2) is 12.1 Å². The number of esters is 1. The Labute approximate surface area is 108 Å². The third kappa shape index (κ3) is 3.39. The van der Waals surface area contributed by atoms with Crippen LogP contribution in [0.2, 0.25) is 0 Å². The molecule has 18 heavy (non-hydrogen) atoms. The lowest BCUT2D eigenvalue weighted by Crippen LogP contribution is -2.13. The van der Waals surface area contributed by atoms with Crippen molar-refractivity contribution in [2.75, 3.05) is 20.8 Å². The molecule has 0 fully saturated rings. The highest BCUT2D eigenvalue weighted by atomic mass is 16.5. The molecule has 1 aromatic carbocycles. The average Bonchev–Trinajstić information content (AvgIpc) is 2.34. The van der Waals surface area contributed by atoms with Crippen molar-refractivity contribution in [2.24, 2.45) is 5.92 Å². The first-order valence-electron chi connectivity index (χ1n) is 5.89. The minimum Gasteiger partial charge on any atom is -0.497 e. The number of aryl methyl sites for hydroxylation is 1. The molecular formula is C14H20O4. The van der Waals surface area contributed by atoms with E-state index in [4.69, 9.17) is 14.2 Å². The Morgan fingerprint density at radius 1 is 1.22 bits per heavy atom. The van der Waals surface area contributed by atoms with E-state index in [-0.39, 0.29) is 5.97 Å². The van der Waals surface area contributed by atoms with Gasteiger partial charge in [-0.2, -0.15) is 0 Å². The Morgan fingerprint density at radius 2 is 1.89 bits per heavy atom. The van der Waals surface area contributed by atoms with Gasteiger partial charge in [0.15, 0.2) is 0 Å². The highest BCUT2D eigenvalue weighted by Gasteiger charge is 2.18. The zero-order chi connectivity index (χ0) is 13.7. The molecule has 0 aliphatic rings. The van der Waals surface area contributed by atoms with Crippen LogP contribution in [0.1, 0.15) is 29.8 Å². The van der Waals surface area contributed by atoms with Gasteiger partial charge in [0.2, 0.25) is 0 Å². The van der Waals surface area contributed by atoms with Crippen LogP contribution in [0.4, 0.5) is 0 Å². The van der Waals surface area contributed by atoms with Crippen molar-refractivity contribution < 1.29 is 19.0 Å². The van der Waals surface area contributed by atoms with Crippen molar-refractivity contribution in [3.8, 4) is 11.5 Å². The lowest BCUT2D eigenvalue weighted by molar-refractivity contribution is 0.0454. The number of benzene rings is 1. The number of hydrogen-bond donors (Lipinski definition) is 0. The van der Waals surface area contributed by atoms with Gasteiger partial charge in [-0.15, -0.1) is 0 Å². The molecule has 0 N–H and O–H groups in total. The van der Waals surface area contributed by atoms with Gasteiger partial charge >= 0.3 is 5.97 Å². The molecule has 0 spiro atoms. The van der Waals surface area contributed by atoms with Crippen LogP contribution < -0.4 is 9.47 Å². The second kappa shape index (κ2) is 6.28. The topological polar surface area (TPSA) is 44.8 Å². The number of rotatable bonds is 5. The summed E-state index contributed by atoms with van der Waals surface area (Å²) in [4.78, 5) is 12.0. The minimum atomic E-state index is -0.360. The standard InChI is InChI=1S/C14H20O4/c1-9(2)8-18-14(15)13-10(3)6-11(16-4)7-12(13)17-5/h6-7,9H,8H2,1-5H3. The quantitative estimate of drug-likeness (QED) is 0.756. The van der Waals surface area contributed by atoms with Gasteiger partial charge in [-0.1, -0.05) is 13.8 Å². The summed E-state index contributed by atoms with van der Waals surface area (Å²) in [7, 11) is 3.10. The van der Waals surface area contributed by atoms with E-state index < -0.39 is 0 Å². The molecule has 0 saturated heterocycles. The number of methoxy groups -OCH3 is 2. The Kier molecular flexibility index (Phi) is 5.01. The molecule has 0 unspecified atom stereocenters. The first-order valence-corrected chi connectivity index (χ1v) is 5.89. The third-order valence-corrected chi connectivity index (χ3v) is 2.48. The molecule has 0 bridgehead atoms. The fourth-order valence-electron chi connectivity index (χ4n) is 1.58. The molecule has 4 heteroatoms. The first-order chi connectivity index (χ1) is 8.49. The number of carbonyl (C=O) groups excluding carboxylic acids is 1. The van der Waals surface area contributed by atoms with E-state index in [9.17, 15) is 4.79 Å². The summed E-state index contributed by atoms with van der Waals surface area (Å²) in [5, 5.41) is 0. The predicted octanol–water partition coefficient (Wildman–Crippen LogP) is 2.83. The lowest BCUT2D eigenvalue weighted by Gasteiger charge is -2.14. The van der Waals surface area contributed by atoms with Crippen LogP contribution >= 0.6 is 0 Å². The predicted molar refractivity (Wildman–Crippen MR) is 69.4 cm³/mol. The van der Waals surface area contributed by atoms with E-state index in [1.807, 2.05) is 20.8 Å². The molecule has 0 aromatic heterocycles. The van der Waals surface area contributed by atoms with Crippen molar-refractivity contribution in [3.63, 3.8) is 0 Å². The van der Waals surface area contributed by atoms with Gasteiger partial charge in [0.25, 0.3) is 0 Å². The molecule has 4 nitrogen and oxygen atoms in total. The molecule has 0 aliphatic heterocycles. The summed E-state index contributed by atoms with van der Waals surface area (Å²) >= 11 is 0. The molecule has 0 radical (unpaired) electrons. The van der Waals surface area contributed by atoms with Crippen molar-refractivity contribution in [1.29, 1.82) is 0 Å². The van der Waals surface area contributed by atoms with Gasteiger partial charge in [-0.05, 0) is 24.5 Å². The summed E-state index contributed by atoms with van der Waals surface area (Å²) in [6, 6.07) is 3.47. The molecule has 0 atom stereocenters. The van der Waals surface area contributed by atoms with Crippen LogP contribution in [0.25, 0.3) is 0 Å². The fourth-order valence-corrected chi connectivity index (χ4v) is 1.58. The summed E-state index contributed by atoms with van der Waals surface area (Å²) in [6.45, 7) is 6.21. The van der Waals surface area contributed by atoms with E-state index >= 15 is 0 Å². The highest BCUT2D eigenvalue weighted by Crippen LogP contribution is 2.29. The molecule has 1 rings (SSSR count). The summed E-state index contributed by atoms with van der Waals surface area (Å²) < 4.78 is 15.6. The van der Waals surface area contributed by atoms with Crippen molar-refractivity contribution in [1.82, 2.24) is 0 Å². The lowest BCUT2D eigenvalue weighted by atomic mass is 10.1. The van der Waals surface area contributed by atoms with Gasteiger partial charge in [0, 0.05) is 6.07 Å². The molecule has 100 valence electrons. The molecule has 0 amide bonds. The Hall–Kier alpha value is -1.71. The number of hydrogen-bond acceptors (Lipinski definition) is 4. The Balaban J connectivity index is 3.03.